The normalized spacial score (nSPS) is 10.7. The maximum atomic E-state index is 8.96. The molecule has 0 aliphatic rings. The summed E-state index contributed by atoms with van der Waals surface area (Å²) in [5.41, 5.74) is 1.12. The molecule has 1 N–H and O–H groups in total. The van der Waals surface area contributed by atoms with Crippen LogP contribution < -0.4 is 0 Å². The molecule has 12 heavy (non-hydrogen) atoms. The van der Waals surface area contributed by atoms with Gasteiger partial charge in [-0.3, -0.25) is 0 Å². The molecule has 0 amide bonds. The Hall–Kier alpha value is -0.510. The van der Waals surface area contributed by atoms with Gasteiger partial charge in [0.05, 0.1) is 0 Å². The van der Waals surface area contributed by atoms with E-state index in [1.165, 1.54) is 9.96 Å². The van der Waals surface area contributed by atoms with E-state index < -0.39 is 0 Å². The average molecular weight is 183 g/mol. The van der Waals surface area contributed by atoms with Gasteiger partial charge < -0.3 is 5.21 Å². The van der Waals surface area contributed by atoms with Crippen molar-refractivity contribution in [3.8, 4) is 0 Å². The highest BCUT2D eigenvalue weighted by Gasteiger charge is 1.95. The fourth-order valence-electron chi connectivity index (χ4n) is 0.995. The molecule has 0 heterocycles. The van der Waals surface area contributed by atoms with Crippen LogP contribution in [0.4, 0.5) is 0 Å². The van der Waals surface area contributed by atoms with Gasteiger partial charge in [0.15, 0.2) is 0 Å². The van der Waals surface area contributed by atoms with Crippen molar-refractivity contribution in [3.05, 3.63) is 29.8 Å². The first-order chi connectivity index (χ1) is 5.72. The molecule has 0 radical (unpaired) electrons. The predicted molar refractivity (Wildman–Crippen MR) is 51.5 cm³/mol. The molecule has 1 aromatic carbocycles. The van der Waals surface area contributed by atoms with Crippen molar-refractivity contribution in [2.75, 3.05) is 13.3 Å². The molecule has 0 atom stereocenters. The van der Waals surface area contributed by atoms with Gasteiger partial charge in [0.25, 0.3) is 0 Å². The van der Waals surface area contributed by atoms with Crippen molar-refractivity contribution in [2.45, 2.75) is 11.4 Å². The van der Waals surface area contributed by atoms with E-state index >= 15 is 0 Å². The lowest BCUT2D eigenvalue weighted by Crippen LogP contribution is -2.11. The van der Waals surface area contributed by atoms with Crippen LogP contribution in [0.3, 0.4) is 0 Å². The smallest absolute Gasteiger partial charge is 0.0485 e. The topological polar surface area (TPSA) is 23.5 Å². The van der Waals surface area contributed by atoms with Crippen LogP contribution in [-0.4, -0.2) is 23.6 Å². The van der Waals surface area contributed by atoms with Crippen LogP contribution in [0.1, 0.15) is 5.56 Å². The SMILES string of the molecule is CSc1ccc(CN(C)O)cc1. The molecular weight excluding hydrogens is 170 g/mol. The molecule has 0 aliphatic carbocycles. The summed E-state index contributed by atoms with van der Waals surface area (Å²) in [7, 11) is 1.64. The number of hydrogen-bond acceptors (Lipinski definition) is 3. The van der Waals surface area contributed by atoms with Crippen LogP contribution in [0, 0.1) is 0 Å². The maximum absolute atomic E-state index is 8.96. The maximum Gasteiger partial charge on any atom is 0.0485 e. The molecule has 0 bridgehead atoms. The first-order valence-corrected chi connectivity index (χ1v) is 4.98. The van der Waals surface area contributed by atoms with Crippen LogP contribution in [-0.2, 0) is 6.54 Å². The molecule has 0 unspecified atom stereocenters. The second-order valence-corrected chi connectivity index (χ2v) is 3.54. The molecule has 66 valence electrons. The van der Waals surface area contributed by atoms with E-state index in [2.05, 4.69) is 12.1 Å². The quantitative estimate of drug-likeness (QED) is 0.574. The van der Waals surface area contributed by atoms with Gasteiger partial charge in [0, 0.05) is 18.5 Å². The Bertz CT molecular complexity index is 233. The molecule has 2 nitrogen and oxygen atoms in total. The first kappa shape index (κ1) is 9.58. The fourth-order valence-corrected chi connectivity index (χ4v) is 1.40. The minimum Gasteiger partial charge on any atom is -0.314 e. The van der Waals surface area contributed by atoms with Crippen molar-refractivity contribution < 1.29 is 5.21 Å². The third kappa shape index (κ3) is 2.85. The molecule has 0 fully saturated rings. The summed E-state index contributed by atoms with van der Waals surface area (Å²) >= 11 is 1.72. The lowest BCUT2D eigenvalue weighted by atomic mass is 10.2. The molecule has 0 saturated carbocycles. The van der Waals surface area contributed by atoms with Gasteiger partial charge in [-0.2, -0.15) is 5.06 Å². The van der Waals surface area contributed by atoms with Crippen LogP contribution in [0.5, 0.6) is 0 Å². The van der Waals surface area contributed by atoms with Crippen LogP contribution in [0.25, 0.3) is 0 Å². The van der Waals surface area contributed by atoms with E-state index in [1.807, 2.05) is 18.4 Å². The minimum absolute atomic E-state index is 0.578. The number of thioether (sulfide) groups is 1. The van der Waals surface area contributed by atoms with Crippen LogP contribution >= 0.6 is 11.8 Å². The summed E-state index contributed by atoms with van der Waals surface area (Å²) in [4.78, 5) is 1.25. The van der Waals surface area contributed by atoms with Crippen molar-refractivity contribution in [1.29, 1.82) is 0 Å². The van der Waals surface area contributed by atoms with Gasteiger partial charge in [-0.05, 0) is 24.0 Å². The van der Waals surface area contributed by atoms with Crippen LogP contribution in [0.2, 0.25) is 0 Å². The summed E-state index contributed by atoms with van der Waals surface area (Å²) in [6.07, 6.45) is 2.05. The van der Waals surface area contributed by atoms with E-state index in [4.69, 9.17) is 5.21 Å². The Kier molecular flexibility index (Phi) is 3.59. The van der Waals surface area contributed by atoms with E-state index in [0.717, 1.165) is 5.56 Å². The molecule has 1 aromatic rings. The number of hydrogen-bond donors (Lipinski definition) is 1. The highest BCUT2D eigenvalue weighted by atomic mass is 32.2. The number of benzene rings is 1. The summed E-state index contributed by atoms with van der Waals surface area (Å²) in [6.45, 7) is 0.578. The molecule has 0 aromatic heterocycles. The molecule has 3 heteroatoms. The number of rotatable bonds is 3. The van der Waals surface area contributed by atoms with E-state index in [0.29, 0.717) is 6.54 Å². The molecule has 0 aliphatic heterocycles. The van der Waals surface area contributed by atoms with Crippen molar-refractivity contribution in [2.24, 2.45) is 0 Å². The second kappa shape index (κ2) is 4.50. The molecular formula is C9H13NOS. The van der Waals surface area contributed by atoms with E-state index in [9.17, 15) is 0 Å². The largest absolute Gasteiger partial charge is 0.314 e. The van der Waals surface area contributed by atoms with Gasteiger partial charge in [-0.25, -0.2) is 0 Å². The summed E-state index contributed by atoms with van der Waals surface area (Å²) < 4.78 is 0. The predicted octanol–water partition coefficient (Wildman–Crippen LogP) is 2.23. The van der Waals surface area contributed by atoms with Gasteiger partial charge in [-0.1, -0.05) is 12.1 Å². The Labute approximate surface area is 77.2 Å². The molecule has 1 rings (SSSR count). The third-order valence-corrected chi connectivity index (χ3v) is 2.31. The zero-order valence-electron chi connectivity index (χ0n) is 7.32. The van der Waals surface area contributed by atoms with Crippen LogP contribution in [0.15, 0.2) is 29.2 Å². The Morgan fingerprint density at radius 1 is 1.33 bits per heavy atom. The highest BCUT2D eigenvalue weighted by molar-refractivity contribution is 7.98. The van der Waals surface area contributed by atoms with E-state index in [-0.39, 0.29) is 0 Å². The summed E-state index contributed by atoms with van der Waals surface area (Å²) in [6, 6.07) is 8.17. The molecule has 0 saturated heterocycles. The van der Waals surface area contributed by atoms with Crippen molar-refractivity contribution >= 4 is 11.8 Å². The lowest BCUT2D eigenvalue weighted by molar-refractivity contribution is -0.0731. The standard InChI is InChI=1S/C9H13NOS/c1-10(11)7-8-3-5-9(12-2)6-4-8/h3-6,11H,7H2,1-2H3. The zero-order valence-corrected chi connectivity index (χ0v) is 8.14. The number of nitrogens with zero attached hydrogens (tertiary/aromatic N) is 1. The van der Waals surface area contributed by atoms with Gasteiger partial charge in [0.2, 0.25) is 0 Å². The number of hydroxylamine groups is 2. The summed E-state index contributed by atoms with van der Waals surface area (Å²) in [5, 5.41) is 10.1. The summed E-state index contributed by atoms with van der Waals surface area (Å²) in [5.74, 6) is 0. The molecule has 0 spiro atoms. The van der Waals surface area contributed by atoms with Gasteiger partial charge in [-0.15, -0.1) is 11.8 Å². The first-order valence-electron chi connectivity index (χ1n) is 3.75. The zero-order chi connectivity index (χ0) is 8.97. The Morgan fingerprint density at radius 2 is 1.92 bits per heavy atom. The van der Waals surface area contributed by atoms with Gasteiger partial charge in [0.1, 0.15) is 0 Å². The van der Waals surface area contributed by atoms with Gasteiger partial charge >= 0.3 is 0 Å². The lowest BCUT2D eigenvalue weighted by Gasteiger charge is -2.07. The highest BCUT2D eigenvalue weighted by Crippen LogP contribution is 2.15. The Balaban J connectivity index is 2.65. The van der Waals surface area contributed by atoms with Crippen molar-refractivity contribution in [3.63, 3.8) is 0 Å². The van der Waals surface area contributed by atoms with Crippen molar-refractivity contribution in [1.82, 2.24) is 5.06 Å². The Morgan fingerprint density at radius 3 is 2.33 bits per heavy atom. The minimum atomic E-state index is 0.578. The monoisotopic (exact) mass is 183 g/mol. The third-order valence-electron chi connectivity index (χ3n) is 1.57. The fraction of sp³-hybridized carbons (Fsp3) is 0.333. The average Bonchev–Trinajstić information content (AvgIpc) is 2.05. The second-order valence-electron chi connectivity index (χ2n) is 2.66. The van der Waals surface area contributed by atoms with E-state index in [1.54, 1.807) is 18.8 Å².